The van der Waals surface area contributed by atoms with E-state index in [2.05, 4.69) is 15.6 Å². The fourth-order valence-corrected chi connectivity index (χ4v) is 1.99. The molecule has 8 heteroatoms. The number of imide groups is 1. The van der Waals surface area contributed by atoms with Gasteiger partial charge in [0.15, 0.2) is 6.61 Å². The molecule has 1 heterocycles. The van der Waals surface area contributed by atoms with Crippen LogP contribution in [0.1, 0.15) is 22.8 Å². The molecule has 26 heavy (non-hydrogen) atoms. The highest BCUT2D eigenvalue weighted by Crippen LogP contribution is 2.15. The number of carbonyl (C=O) groups excluding carboxylic acids is 3. The van der Waals surface area contributed by atoms with Gasteiger partial charge < -0.3 is 14.8 Å². The van der Waals surface area contributed by atoms with Crippen molar-refractivity contribution in [2.24, 2.45) is 0 Å². The van der Waals surface area contributed by atoms with E-state index < -0.39 is 24.5 Å². The maximum atomic E-state index is 12.0. The van der Waals surface area contributed by atoms with Crippen LogP contribution >= 0.6 is 0 Å². The van der Waals surface area contributed by atoms with E-state index in [0.29, 0.717) is 6.61 Å². The quantitative estimate of drug-likeness (QED) is 0.730. The second kappa shape index (κ2) is 9.77. The van der Waals surface area contributed by atoms with E-state index in [9.17, 15) is 14.4 Å². The number of nitrogens with one attached hydrogen (secondary N) is 2. The summed E-state index contributed by atoms with van der Waals surface area (Å²) in [7, 11) is 0. The van der Waals surface area contributed by atoms with E-state index in [1.54, 1.807) is 13.0 Å². The third kappa shape index (κ3) is 5.90. The molecule has 0 atom stereocenters. The van der Waals surface area contributed by atoms with E-state index in [1.165, 1.54) is 12.3 Å². The van der Waals surface area contributed by atoms with Gasteiger partial charge in [0.1, 0.15) is 5.56 Å². The lowest BCUT2D eigenvalue weighted by Gasteiger charge is -2.09. The predicted molar refractivity (Wildman–Crippen MR) is 92.5 cm³/mol. The molecule has 0 saturated carbocycles. The minimum absolute atomic E-state index is 0.107. The predicted octanol–water partition coefficient (Wildman–Crippen LogP) is 1.66. The van der Waals surface area contributed by atoms with Crippen molar-refractivity contribution in [2.45, 2.75) is 13.5 Å². The van der Waals surface area contributed by atoms with Crippen molar-refractivity contribution in [2.75, 3.05) is 13.2 Å². The van der Waals surface area contributed by atoms with Gasteiger partial charge in [-0.25, -0.2) is 14.6 Å². The monoisotopic (exact) mass is 357 g/mol. The maximum Gasteiger partial charge on any atom is 0.344 e. The van der Waals surface area contributed by atoms with Gasteiger partial charge in [0, 0.05) is 12.7 Å². The molecule has 0 aliphatic rings. The number of benzene rings is 1. The van der Waals surface area contributed by atoms with E-state index in [-0.39, 0.29) is 18.0 Å². The first-order chi connectivity index (χ1) is 12.6. The molecule has 0 spiro atoms. The first kappa shape index (κ1) is 18.9. The number of aromatic nitrogens is 1. The fraction of sp³-hybridized carbons (Fsp3) is 0.222. The molecule has 2 N–H and O–H groups in total. The molecule has 0 fully saturated rings. The molecule has 0 aliphatic carbocycles. The Balaban J connectivity index is 1.77. The molecule has 3 amide bonds. The lowest BCUT2D eigenvalue weighted by molar-refractivity contribution is -0.123. The van der Waals surface area contributed by atoms with Crippen LogP contribution < -0.4 is 15.4 Å². The number of esters is 1. The zero-order valence-electron chi connectivity index (χ0n) is 14.2. The van der Waals surface area contributed by atoms with E-state index in [1.807, 2.05) is 30.3 Å². The number of urea groups is 1. The molecule has 0 unspecified atom stereocenters. The highest BCUT2D eigenvalue weighted by molar-refractivity contribution is 5.97. The average molecular weight is 357 g/mol. The Morgan fingerprint density at radius 2 is 1.85 bits per heavy atom. The minimum Gasteiger partial charge on any atom is -0.477 e. The van der Waals surface area contributed by atoms with Gasteiger partial charge in [0.05, 0.1) is 6.61 Å². The number of hydrogen-bond acceptors (Lipinski definition) is 6. The van der Waals surface area contributed by atoms with Crippen molar-refractivity contribution in [1.82, 2.24) is 15.6 Å². The highest BCUT2D eigenvalue weighted by Gasteiger charge is 2.17. The first-order valence-electron chi connectivity index (χ1n) is 7.96. The van der Waals surface area contributed by atoms with Crippen molar-refractivity contribution in [3.8, 4) is 5.88 Å². The minimum atomic E-state index is -0.763. The van der Waals surface area contributed by atoms with Gasteiger partial charge in [-0.15, -0.1) is 0 Å². The van der Waals surface area contributed by atoms with Crippen molar-refractivity contribution >= 4 is 17.9 Å². The standard InChI is InChI=1S/C18H19N3O5/c1-2-25-16-14(9-6-10-19-16)17(23)26-12-15(22)21-18(24)20-11-13-7-4-3-5-8-13/h3-10H,2,11-12H2,1H3,(H2,20,21,22,24). The largest absolute Gasteiger partial charge is 0.477 e. The van der Waals surface area contributed by atoms with Crippen LogP contribution in [0.4, 0.5) is 4.79 Å². The van der Waals surface area contributed by atoms with Gasteiger partial charge in [-0.3, -0.25) is 10.1 Å². The van der Waals surface area contributed by atoms with Crippen LogP contribution in [0.2, 0.25) is 0 Å². The number of pyridine rings is 1. The van der Waals surface area contributed by atoms with E-state index in [0.717, 1.165) is 5.56 Å². The van der Waals surface area contributed by atoms with Crippen molar-refractivity contribution in [1.29, 1.82) is 0 Å². The summed E-state index contributed by atoms with van der Waals surface area (Å²) in [5.74, 6) is -1.38. The maximum absolute atomic E-state index is 12.0. The van der Waals surface area contributed by atoms with Crippen molar-refractivity contribution < 1.29 is 23.9 Å². The molecular weight excluding hydrogens is 338 g/mol. The summed E-state index contributed by atoms with van der Waals surface area (Å²) in [6.07, 6.45) is 1.48. The molecule has 1 aromatic carbocycles. The van der Waals surface area contributed by atoms with Gasteiger partial charge in [-0.1, -0.05) is 30.3 Å². The molecule has 0 bridgehead atoms. The molecule has 2 aromatic rings. The highest BCUT2D eigenvalue weighted by atomic mass is 16.5. The molecule has 8 nitrogen and oxygen atoms in total. The number of hydrogen-bond donors (Lipinski definition) is 2. The van der Waals surface area contributed by atoms with Crippen LogP contribution in [0.15, 0.2) is 48.7 Å². The Bertz CT molecular complexity index is 764. The fourth-order valence-electron chi connectivity index (χ4n) is 1.99. The summed E-state index contributed by atoms with van der Waals surface area (Å²) in [6, 6.07) is 11.6. The second-order valence-electron chi connectivity index (χ2n) is 5.08. The Hall–Kier alpha value is -3.42. The SMILES string of the molecule is CCOc1ncccc1C(=O)OCC(=O)NC(=O)NCc1ccccc1. The van der Waals surface area contributed by atoms with Gasteiger partial charge >= 0.3 is 12.0 Å². The van der Waals surface area contributed by atoms with Crippen LogP contribution in [-0.2, 0) is 16.1 Å². The van der Waals surface area contributed by atoms with E-state index >= 15 is 0 Å². The Labute approximate surface area is 150 Å². The molecule has 1 aromatic heterocycles. The molecule has 2 rings (SSSR count). The third-order valence-corrected chi connectivity index (χ3v) is 3.16. The number of ether oxygens (including phenoxy) is 2. The molecule has 136 valence electrons. The van der Waals surface area contributed by atoms with Gasteiger partial charge in [0.2, 0.25) is 5.88 Å². The summed E-state index contributed by atoms with van der Waals surface area (Å²) in [6.45, 7) is 1.76. The molecule has 0 saturated heterocycles. The first-order valence-corrected chi connectivity index (χ1v) is 7.96. The summed E-state index contributed by atoms with van der Waals surface area (Å²) < 4.78 is 10.1. The molecule has 0 aliphatic heterocycles. The summed E-state index contributed by atoms with van der Waals surface area (Å²) in [5.41, 5.74) is 0.997. The van der Waals surface area contributed by atoms with Crippen LogP contribution in [0.5, 0.6) is 5.88 Å². The summed E-state index contributed by atoms with van der Waals surface area (Å²) in [5, 5.41) is 4.62. The summed E-state index contributed by atoms with van der Waals surface area (Å²) >= 11 is 0. The normalized spacial score (nSPS) is 9.88. The van der Waals surface area contributed by atoms with Crippen molar-refractivity contribution in [3.63, 3.8) is 0 Å². The number of carbonyl (C=O) groups is 3. The summed E-state index contributed by atoms with van der Waals surface area (Å²) in [4.78, 5) is 39.3. The zero-order chi connectivity index (χ0) is 18.8. The van der Waals surface area contributed by atoms with Gasteiger partial charge in [-0.05, 0) is 24.6 Å². The van der Waals surface area contributed by atoms with Gasteiger partial charge in [0.25, 0.3) is 5.91 Å². The zero-order valence-corrected chi connectivity index (χ0v) is 14.2. The lowest BCUT2D eigenvalue weighted by atomic mass is 10.2. The second-order valence-corrected chi connectivity index (χ2v) is 5.08. The van der Waals surface area contributed by atoms with Crippen LogP contribution in [0, 0.1) is 0 Å². The van der Waals surface area contributed by atoms with Crippen LogP contribution in [0.25, 0.3) is 0 Å². The molecule has 0 radical (unpaired) electrons. The lowest BCUT2D eigenvalue weighted by Crippen LogP contribution is -2.41. The average Bonchev–Trinajstić information content (AvgIpc) is 2.66. The van der Waals surface area contributed by atoms with Crippen LogP contribution in [-0.4, -0.2) is 36.1 Å². The number of nitrogens with zero attached hydrogens (tertiary/aromatic N) is 1. The van der Waals surface area contributed by atoms with Crippen LogP contribution in [0.3, 0.4) is 0 Å². The Kier molecular flexibility index (Phi) is 7.11. The van der Waals surface area contributed by atoms with Crippen molar-refractivity contribution in [3.05, 3.63) is 59.8 Å². The van der Waals surface area contributed by atoms with Gasteiger partial charge in [-0.2, -0.15) is 0 Å². The Morgan fingerprint density at radius 3 is 2.58 bits per heavy atom. The Morgan fingerprint density at radius 1 is 1.08 bits per heavy atom. The molecular formula is C18H19N3O5. The topological polar surface area (TPSA) is 107 Å². The number of rotatable bonds is 7. The third-order valence-electron chi connectivity index (χ3n) is 3.16. The smallest absolute Gasteiger partial charge is 0.344 e. The number of amides is 3. The van der Waals surface area contributed by atoms with E-state index in [4.69, 9.17) is 9.47 Å².